The second-order valence-corrected chi connectivity index (χ2v) is 10.0. The zero-order valence-corrected chi connectivity index (χ0v) is 18.8. The minimum Gasteiger partial charge on any atom is -0.383 e. The molecule has 11 heteroatoms. The molecular formula is C20H18ClN7OS2. The van der Waals surface area contributed by atoms with Gasteiger partial charge in [0.1, 0.15) is 17.2 Å². The van der Waals surface area contributed by atoms with E-state index in [0.29, 0.717) is 32.0 Å². The van der Waals surface area contributed by atoms with Gasteiger partial charge in [0, 0.05) is 25.0 Å². The van der Waals surface area contributed by atoms with Crippen molar-refractivity contribution in [3.05, 3.63) is 51.6 Å². The summed E-state index contributed by atoms with van der Waals surface area (Å²) in [6.45, 7) is 2.97. The minimum atomic E-state index is 0.100. The number of piperazine rings is 1. The smallest absolute Gasteiger partial charge is 0.237 e. The van der Waals surface area contributed by atoms with Gasteiger partial charge in [0.2, 0.25) is 5.91 Å². The van der Waals surface area contributed by atoms with Gasteiger partial charge >= 0.3 is 0 Å². The average molecular weight is 472 g/mol. The summed E-state index contributed by atoms with van der Waals surface area (Å²) >= 11 is 9.04. The van der Waals surface area contributed by atoms with E-state index in [9.17, 15) is 4.79 Å². The zero-order valence-electron chi connectivity index (χ0n) is 16.4. The maximum atomic E-state index is 12.7. The number of rotatable bonds is 5. The van der Waals surface area contributed by atoms with Crippen molar-refractivity contribution in [3.8, 4) is 9.88 Å². The third-order valence-electron chi connectivity index (χ3n) is 5.11. The Hall–Kier alpha value is -2.66. The van der Waals surface area contributed by atoms with Crippen molar-refractivity contribution < 1.29 is 4.79 Å². The lowest BCUT2D eigenvalue weighted by molar-refractivity contribution is -0.136. The molecule has 8 nitrogen and oxygen atoms in total. The van der Waals surface area contributed by atoms with Gasteiger partial charge in [-0.05, 0) is 29.8 Å². The van der Waals surface area contributed by atoms with Crippen molar-refractivity contribution in [2.75, 3.05) is 25.4 Å². The first-order valence-electron chi connectivity index (χ1n) is 9.62. The van der Waals surface area contributed by atoms with E-state index in [1.165, 1.54) is 17.7 Å². The minimum absolute atomic E-state index is 0.100. The molecule has 0 radical (unpaired) electrons. The van der Waals surface area contributed by atoms with Crippen LogP contribution in [0.4, 0.5) is 5.82 Å². The number of nitrogens with zero attached hydrogens (tertiary/aromatic N) is 6. The third kappa shape index (κ3) is 4.38. The number of hydrogen-bond donors (Lipinski definition) is 1. The highest BCUT2D eigenvalue weighted by molar-refractivity contribution is 7.23. The number of thiophene rings is 1. The van der Waals surface area contributed by atoms with Gasteiger partial charge < -0.3 is 10.6 Å². The normalized spacial score (nSPS) is 15.1. The molecule has 1 aliphatic heterocycles. The quantitative estimate of drug-likeness (QED) is 0.476. The van der Waals surface area contributed by atoms with Crippen LogP contribution in [-0.2, 0) is 17.9 Å². The first-order valence-corrected chi connectivity index (χ1v) is 11.6. The second kappa shape index (κ2) is 8.46. The molecule has 0 saturated carbocycles. The molecule has 1 fully saturated rings. The molecule has 0 spiro atoms. The van der Waals surface area contributed by atoms with E-state index in [0.717, 1.165) is 42.2 Å². The molecule has 0 unspecified atom stereocenters. The van der Waals surface area contributed by atoms with E-state index in [-0.39, 0.29) is 5.91 Å². The van der Waals surface area contributed by atoms with Gasteiger partial charge in [-0.3, -0.25) is 9.69 Å². The molecule has 1 aromatic carbocycles. The summed E-state index contributed by atoms with van der Waals surface area (Å²) < 4.78 is 0.732. The molecule has 1 saturated heterocycles. The summed E-state index contributed by atoms with van der Waals surface area (Å²) in [6.07, 6.45) is 1.46. The van der Waals surface area contributed by atoms with Crippen LogP contribution in [-0.4, -0.2) is 55.5 Å². The summed E-state index contributed by atoms with van der Waals surface area (Å²) in [4.78, 5) is 26.0. The molecule has 0 aliphatic carbocycles. The number of benzene rings is 1. The fourth-order valence-corrected chi connectivity index (χ4v) is 5.51. The van der Waals surface area contributed by atoms with Crippen LogP contribution in [0.15, 0.2) is 36.7 Å². The van der Waals surface area contributed by atoms with Gasteiger partial charge in [-0.25, -0.2) is 9.97 Å². The number of anilines is 1. The van der Waals surface area contributed by atoms with Gasteiger partial charge in [0.15, 0.2) is 5.01 Å². The largest absolute Gasteiger partial charge is 0.383 e. The Kier molecular flexibility index (Phi) is 5.53. The Balaban J connectivity index is 1.21. The second-order valence-electron chi connectivity index (χ2n) is 7.24. The molecule has 1 aliphatic rings. The summed E-state index contributed by atoms with van der Waals surface area (Å²) in [6, 6.07) is 9.66. The molecule has 31 heavy (non-hydrogen) atoms. The zero-order chi connectivity index (χ0) is 21.4. The average Bonchev–Trinajstić information content (AvgIpc) is 3.39. The number of hydrogen-bond acceptors (Lipinski definition) is 9. The number of aromatic nitrogens is 4. The summed E-state index contributed by atoms with van der Waals surface area (Å²) in [7, 11) is 0. The molecule has 2 N–H and O–H groups in total. The predicted octanol–water partition coefficient (Wildman–Crippen LogP) is 3.29. The van der Waals surface area contributed by atoms with Crippen LogP contribution < -0.4 is 5.73 Å². The molecule has 158 valence electrons. The van der Waals surface area contributed by atoms with E-state index in [2.05, 4.69) is 25.1 Å². The third-order valence-corrected chi connectivity index (χ3v) is 7.42. The van der Waals surface area contributed by atoms with Crippen molar-refractivity contribution in [1.82, 2.24) is 30.0 Å². The highest BCUT2D eigenvalue weighted by Crippen LogP contribution is 2.33. The maximum absolute atomic E-state index is 12.7. The molecule has 0 bridgehead atoms. The van der Waals surface area contributed by atoms with E-state index >= 15 is 0 Å². The Labute approximate surface area is 191 Å². The van der Waals surface area contributed by atoms with Crippen molar-refractivity contribution in [3.63, 3.8) is 0 Å². The SMILES string of the molecule is Nc1ncnc2cc(CN3CCN(Cc4nnc(-c5ccc(Cl)s5)s4)CC3=O)ccc12. The lowest BCUT2D eigenvalue weighted by atomic mass is 10.1. The van der Waals surface area contributed by atoms with Gasteiger partial charge in [-0.15, -0.1) is 21.5 Å². The van der Waals surface area contributed by atoms with Crippen LogP contribution in [0.3, 0.4) is 0 Å². The maximum Gasteiger partial charge on any atom is 0.237 e. The van der Waals surface area contributed by atoms with Gasteiger partial charge in [0.25, 0.3) is 0 Å². The number of fused-ring (bicyclic) bond motifs is 1. The first kappa shape index (κ1) is 20.3. The number of amides is 1. The number of carbonyl (C=O) groups is 1. The standard InChI is InChI=1S/C20H18ClN7OS2/c21-16-4-3-15(30-16)20-26-25-17(31-20)9-27-5-6-28(18(29)10-27)8-12-1-2-13-14(7-12)23-11-24-19(13)22/h1-4,7,11H,5-6,8-10H2,(H2,22,23,24). The molecule has 0 atom stereocenters. The van der Waals surface area contributed by atoms with E-state index in [1.54, 1.807) is 11.3 Å². The first-order chi connectivity index (χ1) is 15.0. The predicted molar refractivity (Wildman–Crippen MR) is 123 cm³/mol. The Morgan fingerprint density at radius 2 is 1.97 bits per heavy atom. The monoisotopic (exact) mass is 471 g/mol. The summed E-state index contributed by atoms with van der Waals surface area (Å²) in [5, 5.41) is 11.1. The molecule has 5 rings (SSSR count). The molecule has 1 amide bonds. The van der Waals surface area contributed by atoms with Crippen LogP contribution in [0.5, 0.6) is 0 Å². The van der Waals surface area contributed by atoms with Crippen LogP contribution in [0.1, 0.15) is 10.6 Å². The van der Waals surface area contributed by atoms with Gasteiger partial charge in [0.05, 0.1) is 27.8 Å². The number of carbonyl (C=O) groups excluding carboxylic acids is 1. The molecule has 4 heterocycles. The Morgan fingerprint density at radius 1 is 1.06 bits per heavy atom. The Bertz CT molecular complexity index is 1260. The van der Waals surface area contributed by atoms with Crippen molar-refractivity contribution >= 4 is 56.9 Å². The molecule has 4 aromatic rings. The van der Waals surface area contributed by atoms with E-state index in [1.807, 2.05) is 35.2 Å². The molecular weight excluding hydrogens is 454 g/mol. The fourth-order valence-electron chi connectivity index (χ4n) is 3.54. The van der Waals surface area contributed by atoms with E-state index in [4.69, 9.17) is 17.3 Å². The van der Waals surface area contributed by atoms with E-state index < -0.39 is 0 Å². The topological polar surface area (TPSA) is 101 Å². The number of nitrogens with two attached hydrogens (primary N) is 1. The summed E-state index contributed by atoms with van der Waals surface area (Å²) in [5.74, 6) is 0.562. The van der Waals surface area contributed by atoms with Crippen LogP contribution >= 0.6 is 34.3 Å². The van der Waals surface area contributed by atoms with Crippen LogP contribution in [0.25, 0.3) is 20.8 Å². The van der Waals surface area contributed by atoms with Crippen LogP contribution in [0.2, 0.25) is 4.34 Å². The van der Waals surface area contributed by atoms with Gasteiger partial charge in [-0.2, -0.15) is 0 Å². The summed E-state index contributed by atoms with van der Waals surface area (Å²) in [5.41, 5.74) is 7.70. The van der Waals surface area contributed by atoms with Crippen molar-refractivity contribution in [2.45, 2.75) is 13.1 Å². The lowest BCUT2D eigenvalue weighted by Crippen LogP contribution is -2.49. The molecule has 3 aromatic heterocycles. The van der Waals surface area contributed by atoms with Crippen LogP contribution in [0, 0.1) is 0 Å². The van der Waals surface area contributed by atoms with Crippen molar-refractivity contribution in [2.24, 2.45) is 0 Å². The number of halogens is 1. The highest BCUT2D eigenvalue weighted by Gasteiger charge is 2.25. The Morgan fingerprint density at radius 3 is 2.77 bits per heavy atom. The number of nitrogen functional groups attached to an aromatic ring is 1. The highest BCUT2D eigenvalue weighted by atomic mass is 35.5. The van der Waals surface area contributed by atoms with Gasteiger partial charge in [-0.1, -0.05) is 29.0 Å². The fraction of sp³-hybridized carbons (Fsp3) is 0.250. The lowest BCUT2D eigenvalue weighted by Gasteiger charge is -2.33. The van der Waals surface area contributed by atoms with Crippen molar-refractivity contribution in [1.29, 1.82) is 0 Å².